The van der Waals surface area contributed by atoms with Gasteiger partial charge in [-0.05, 0) is 24.7 Å². The van der Waals surface area contributed by atoms with E-state index in [1.54, 1.807) is 0 Å². The molecule has 0 bridgehead atoms. The molecule has 2 nitrogen and oxygen atoms in total. The molecular formula is C12H22O2. The Balaban J connectivity index is 2.98. The SMILES string of the molecule is CCC(C)(C)C1(C(=O)OC)CCCC1. The fraction of sp³-hybridized carbons (Fsp3) is 0.917. The van der Waals surface area contributed by atoms with Gasteiger partial charge in [0.15, 0.2) is 0 Å². The minimum Gasteiger partial charge on any atom is -0.469 e. The summed E-state index contributed by atoms with van der Waals surface area (Å²) >= 11 is 0. The molecule has 0 radical (unpaired) electrons. The first-order valence-electron chi connectivity index (χ1n) is 5.58. The van der Waals surface area contributed by atoms with Crippen LogP contribution in [0.15, 0.2) is 0 Å². The molecule has 1 fully saturated rings. The van der Waals surface area contributed by atoms with Crippen molar-refractivity contribution in [2.24, 2.45) is 10.8 Å². The largest absolute Gasteiger partial charge is 0.469 e. The maximum Gasteiger partial charge on any atom is 0.312 e. The average molecular weight is 198 g/mol. The van der Waals surface area contributed by atoms with Crippen molar-refractivity contribution in [2.45, 2.75) is 52.9 Å². The lowest BCUT2D eigenvalue weighted by Gasteiger charge is -2.41. The van der Waals surface area contributed by atoms with Crippen LogP contribution in [0, 0.1) is 10.8 Å². The Morgan fingerprint density at radius 3 is 2.21 bits per heavy atom. The van der Waals surface area contributed by atoms with Gasteiger partial charge in [-0.3, -0.25) is 4.79 Å². The Labute approximate surface area is 87.0 Å². The molecule has 0 N–H and O–H groups in total. The molecule has 0 aromatic carbocycles. The molecule has 0 aromatic rings. The van der Waals surface area contributed by atoms with Gasteiger partial charge < -0.3 is 4.74 Å². The zero-order chi connectivity index (χ0) is 10.8. The number of carbonyl (C=O) groups excluding carboxylic acids is 1. The highest BCUT2D eigenvalue weighted by Crippen LogP contribution is 2.53. The van der Waals surface area contributed by atoms with Crippen LogP contribution in [-0.2, 0) is 9.53 Å². The fourth-order valence-corrected chi connectivity index (χ4v) is 2.67. The van der Waals surface area contributed by atoms with Crippen molar-refractivity contribution < 1.29 is 9.53 Å². The van der Waals surface area contributed by atoms with Crippen molar-refractivity contribution in [1.29, 1.82) is 0 Å². The Hall–Kier alpha value is -0.530. The minimum atomic E-state index is -0.212. The molecular weight excluding hydrogens is 176 g/mol. The van der Waals surface area contributed by atoms with E-state index in [1.165, 1.54) is 20.0 Å². The molecule has 0 aliphatic heterocycles. The van der Waals surface area contributed by atoms with E-state index in [2.05, 4.69) is 20.8 Å². The monoisotopic (exact) mass is 198 g/mol. The second-order valence-electron chi connectivity index (χ2n) is 5.02. The van der Waals surface area contributed by atoms with Gasteiger partial charge in [-0.15, -0.1) is 0 Å². The third-order valence-electron chi connectivity index (χ3n) is 4.21. The molecule has 0 unspecified atom stereocenters. The number of hydrogen-bond donors (Lipinski definition) is 0. The predicted molar refractivity (Wildman–Crippen MR) is 57.0 cm³/mol. The van der Waals surface area contributed by atoms with Crippen LogP contribution in [0.2, 0.25) is 0 Å². The first-order valence-corrected chi connectivity index (χ1v) is 5.58. The first kappa shape index (κ1) is 11.5. The molecule has 0 atom stereocenters. The highest BCUT2D eigenvalue weighted by molar-refractivity contribution is 5.78. The fourth-order valence-electron chi connectivity index (χ4n) is 2.67. The summed E-state index contributed by atoms with van der Waals surface area (Å²) in [6.07, 6.45) is 5.36. The molecule has 2 heteroatoms. The van der Waals surface area contributed by atoms with Crippen molar-refractivity contribution in [3.8, 4) is 0 Å². The van der Waals surface area contributed by atoms with Crippen LogP contribution in [0.4, 0.5) is 0 Å². The second-order valence-corrected chi connectivity index (χ2v) is 5.02. The molecule has 1 saturated carbocycles. The van der Waals surface area contributed by atoms with Crippen molar-refractivity contribution in [2.75, 3.05) is 7.11 Å². The molecule has 0 amide bonds. The molecule has 1 aliphatic carbocycles. The number of ether oxygens (including phenoxy) is 1. The number of methoxy groups -OCH3 is 1. The summed E-state index contributed by atoms with van der Waals surface area (Å²) < 4.78 is 4.99. The van der Waals surface area contributed by atoms with Crippen LogP contribution in [0.3, 0.4) is 0 Å². The van der Waals surface area contributed by atoms with Gasteiger partial charge >= 0.3 is 5.97 Å². The third-order valence-corrected chi connectivity index (χ3v) is 4.21. The van der Waals surface area contributed by atoms with E-state index in [0.717, 1.165) is 19.3 Å². The number of rotatable bonds is 3. The van der Waals surface area contributed by atoms with Crippen LogP contribution in [0.5, 0.6) is 0 Å². The Morgan fingerprint density at radius 1 is 1.36 bits per heavy atom. The lowest BCUT2D eigenvalue weighted by atomic mass is 9.63. The summed E-state index contributed by atoms with van der Waals surface area (Å²) in [5, 5.41) is 0. The predicted octanol–water partition coefficient (Wildman–Crippen LogP) is 3.16. The first-order chi connectivity index (χ1) is 6.50. The molecule has 82 valence electrons. The average Bonchev–Trinajstić information content (AvgIpc) is 2.66. The highest BCUT2D eigenvalue weighted by atomic mass is 16.5. The number of carbonyl (C=O) groups is 1. The molecule has 0 aromatic heterocycles. The van der Waals surface area contributed by atoms with E-state index in [-0.39, 0.29) is 16.8 Å². The van der Waals surface area contributed by atoms with Crippen LogP contribution in [0.1, 0.15) is 52.9 Å². The zero-order valence-corrected chi connectivity index (χ0v) is 9.85. The van der Waals surface area contributed by atoms with E-state index in [9.17, 15) is 4.79 Å². The summed E-state index contributed by atoms with van der Waals surface area (Å²) in [6.45, 7) is 6.54. The van der Waals surface area contributed by atoms with Crippen molar-refractivity contribution in [3.63, 3.8) is 0 Å². The van der Waals surface area contributed by atoms with Crippen LogP contribution in [-0.4, -0.2) is 13.1 Å². The lowest BCUT2D eigenvalue weighted by molar-refractivity contribution is -0.160. The van der Waals surface area contributed by atoms with Crippen molar-refractivity contribution >= 4 is 5.97 Å². The van der Waals surface area contributed by atoms with Gasteiger partial charge in [0.25, 0.3) is 0 Å². The van der Waals surface area contributed by atoms with Gasteiger partial charge in [-0.25, -0.2) is 0 Å². The second kappa shape index (κ2) is 3.92. The lowest BCUT2D eigenvalue weighted by Crippen LogP contribution is -2.42. The molecule has 14 heavy (non-hydrogen) atoms. The Morgan fingerprint density at radius 2 is 1.86 bits per heavy atom. The van der Waals surface area contributed by atoms with Gasteiger partial charge in [-0.2, -0.15) is 0 Å². The number of esters is 1. The zero-order valence-electron chi connectivity index (χ0n) is 9.85. The van der Waals surface area contributed by atoms with Gasteiger partial charge in [0.05, 0.1) is 12.5 Å². The van der Waals surface area contributed by atoms with Crippen molar-refractivity contribution in [3.05, 3.63) is 0 Å². The van der Waals surface area contributed by atoms with Gasteiger partial charge in [0.2, 0.25) is 0 Å². The normalized spacial score (nSPS) is 20.9. The summed E-state index contributed by atoms with van der Waals surface area (Å²) in [5.41, 5.74) is -0.146. The number of hydrogen-bond acceptors (Lipinski definition) is 2. The van der Waals surface area contributed by atoms with Crippen LogP contribution < -0.4 is 0 Å². The van der Waals surface area contributed by atoms with Crippen LogP contribution >= 0.6 is 0 Å². The van der Waals surface area contributed by atoms with E-state index >= 15 is 0 Å². The third kappa shape index (κ3) is 1.55. The Kier molecular flexibility index (Phi) is 3.23. The smallest absolute Gasteiger partial charge is 0.312 e. The molecule has 0 saturated heterocycles. The van der Waals surface area contributed by atoms with E-state index in [4.69, 9.17) is 4.74 Å². The van der Waals surface area contributed by atoms with E-state index < -0.39 is 0 Å². The summed E-state index contributed by atoms with van der Waals surface area (Å²) in [5.74, 6) is 0.00171. The summed E-state index contributed by atoms with van der Waals surface area (Å²) in [4.78, 5) is 11.9. The van der Waals surface area contributed by atoms with Gasteiger partial charge in [-0.1, -0.05) is 33.6 Å². The topological polar surface area (TPSA) is 26.3 Å². The van der Waals surface area contributed by atoms with Crippen LogP contribution in [0.25, 0.3) is 0 Å². The molecule has 1 rings (SSSR count). The highest BCUT2D eigenvalue weighted by Gasteiger charge is 2.52. The Bertz CT molecular complexity index is 212. The summed E-state index contributed by atoms with van der Waals surface area (Å²) in [6, 6.07) is 0. The van der Waals surface area contributed by atoms with Crippen molar-refractivity contribution in [1.82, 2.24) is 0 Å². The standard InChI is InChI=1S/C12H22O2/c1-5-11(2,3)12(10(13)14-4)8-6-7-9-12/h5-9H2,1-4H3. The summed E-state index contributed by atoms with van der Waals surface area (Å²) in [7, 11) is 1.51. The maximum atomic E-state index is 11.9. The van der Waals surface area contributed by atoms with E-state index in [0.29, 0.717) is 0 Å². The van der Waals surface area contributed by atoms with Gasteiger partial charge in [0, 0.05) is 0 Å². The molecule has 1 aliphatic rings. The molecule has 0 spiro atoms. The molecule has 0 heterocycles. The minimum absolute atomic E-state index is 0.00171. The maximum absolute atomic E-state index is 11.9. The quantitative estimate of drug-likeness (QED) is 0.651. The van der Waals surface area contributed by atoms with E-state index in [1.807, 2.05) is 0 Å². The van der Waals surface area contributed by atoms with Gasteiger partial charge in [0.1, 0.15) is 0 Å².